The molecule has 20 heavy (non-hydrogen) atoms. The Morgan fingerprint density at radius 1 is 1.55 bits per heavy atom. The van der Waals surface area contributed by atoms with Gasteiger partial charge in [-0.15, -0.1) is 11.3 Å². The molecular weight excluding hydrogens is 296 g/mol. The molecule has 0 saturated carbocycles. The van der Waals surface area contributed by atoms with Gasteiger partial charge >= 0.3 is 0 Å². The van der Waals surface area contributed by atoms with Gasteiger partial charge in [0.15, 0.2) is 0 Å². The summed E-state index contributed by atoms with van der Waals surface area (Å²) in [4.78, 5) is 1.27. The van der Waals surface area contributed by atoms with Crippen molar-refractivity contribution in [1.82, 2.24) is 9.62 Å². The number of thiophene rings is 1. The lowest BCUT2D eigenvalue weighted by atomic mass is 10.1. The van der Waals surface area contributed by atoms with Crippen LogP contribution < -0.4 is 5.32 Å². The fourth-order valence-electron chi connectivity index (χ4n) is 2.57. The smallest absolute Gasteiger partial charge is 0.244 e. The lowest BCUT2D eigenvalue weighted by Crippen LogP contribution is -2.53. The fraction of sp³-hybridized carbons (Fsp3) is 0.692. The number of ether oxygens (including phenoxy) is 1. The molecule has 0 aliphatic carbocycles. The summed E-state index contributed by atoms with van der Waals surface area (Å²) in [5.74, 6) is 0. The number of nitrogens with zero attached hydrogens (tertiary/aromatic N) is 1. The zero-order valence-electron chi connectivity index (χ0n) is 12.3. The van der Waals surface area contributed by atoms with E-state index in [2.05, 4.69) is 5.32 Å². The largest absolute Gasteiger partial charge is 0.370 e. The number of rotatable bonds is 4. The third kappa shape index (κ3) is 3.23. The quantitative estimate of drug-likeness (QED) is 0.917. The molecule has 114 valence electrons. The molecule has 1 N–H and O–H groups in total. The topological polar surface area (TPSA) is 58.6 Å². The van der Waals surface area contributed by atoms with E-state index in [9.17, 15) is 8.42 Å². The van der Waals surface area contributed by atoms with Crippen molar-refractivity contribution in [3.8, 4) is 0 Å². The molecule has 0 radical (unpaired) electrons. The van der Waals surface area contributed by atoms with Crippen LogP contribution in [0.5, 0.6) is 0 Å². The van der Waals surface area contributed by atoms with Gasteiger partial charge in [0.25, 0.3) is 0 Å². The highest BCUT2D eigenvalue weighted by atomic mass is 32.2. The Morgan fingerprint density at radius 3 is 2.85 bits per heavy atom. The van der Waals surface area contributed by atoms with Crippen molar-refractivity contribution >= 4 is 21.4 Å². The van der Waals surface area contributed by atoms with Crippen LogP contribution in [-0.2, 0) is 21.3 Å². The molecule has 0 spiro atoms. The Morgan fingerprint density at radius 2 is 2.25 bits per heavy atom. The molecular formula is C13H22N2O3S2. The number of sulfonamides is 1. The Labute approximate surface area is 125 Å². The predicted molar refractivity (Wildman–Crippen MR) is 80.5 cm³/mol. The molecule has 1 aromatic heterocycles. The molecule has 1 saturated heterocycles. The molecule has 2 heterocycles. The van der Waals surface area contributed by atoms with E-state index < -0.39 is 15.6 Å². The first-order valence-electron chi connectivity index (χ1n) is 6.65. The molecule has 1 fully saturated rings. The fourth-order valence-corrected chi connectivity index (χ4v) is 5.66. The highest BCUT2D eigenvalue weighted by molar-refractivity contribution is 7.89. The third-order valence-electron chi connectivity index (χ3n) is 3.20. The normalized spacial score (nSPS) is 23.9. The van der Waals surface area contributed by atoms with Gasteiger partial charge < -0.3 is 10.1 Å². The van der Waals surface area contributed by atoms with E-state index in [4.69, 9.17) is 4.74 Å². The third-order valence-corrected chi connectivity index (χ3v) is 6.14. The maximum Gasteiger partial charge on any atom is 0.244 e. The average molecular weight is 318 g/mol. The predicted octanol–water partition coefficient (Wildman–Crippen LogP) is 1.66. The van der Waals surface area contributed by atoms with E-state index in [0.29, 0.717) is 24.5 Å². The molecule has 0 aromatic carbocycles. The van der Waals surface area contributed by atoms with E-state index in [1.165, 1.54) is 11.3 Å². The van der Waals surface area contributed by atoms with Crippen LogP contribution in [0.2, 0.25) is 0 Å². The summed E-state index contributed by atoms with van der Waals surface area (Å²) in [5, 5.41) is 4.84. The van der Waals surface area contributed by atoms with Crippen molar-refractivity contribution in [2.45, 2.75) is 43.9 Å². The lowest BCUT2D eigenvalue weighted by Gasteiger charge is -2.40. The van der Waals surface area contributed by atoms with Crippen LogP contribution in [0.4, 0.5) is 0 Å². The Hall–Kier alpha value is -0.470. The summed E-state index contributed by atoms with van der Waals surface area (Å²) < 4.78 is 33.0. The standard InChI is InChI=1S/C13H22N2O3S2/c1-10-8-15(9-13(2,3)18-10)20(16,17)12-5-6-19-11(12)7-14-4/h5-6,10,14H,7-9H2,1-4H3. The summed E-state index contributed by atoms with van der Waals surface area (Å²) in [7, 11) is -1.64. The molecule has 7 heteroatoms. The van der Waals surface area contributed by atoms with Crippen LogP contribution in [0.25, 0.3) is 0 Å². The van der Waals surface area contributed by atoms with Crippen LogP contribution in [0, 0.1) is 0 Å². The van der Waals surface area contributed by atoms with Crippen molar-refractivity contribution in [1.29, 1.82) is 0 Å². The molecule has 1 aromatic rings. The SMILES string of the molecule is CNCc1sccc1S(=O)(=O)N1CC(C)OC(C)(C)C1. The van der Waals surface area contributed by atoms with Gasteiger partial charge in [-0.3, -0.25) is 0 Å². The minimum Gasteiger partial charge on any atom is -0.370 e. The number of nitrogens with one attached hydrogen (secondary N) is 1. The van der Waals surface area contributed by atoms with Gasteiger partial charge in [0, 0.05) is 24.5 Å². The zero-order valence-corrected chi connectivity index (χ0v) is 14.0. The van der Waals surface area contributed by atoms with E-state index in [-0.39, 0.29) is 6.10 Å². The first kappa shape index (κ1) is 15.9. The van der Waals surface area contributed by atoms with E-state index in [1.807, 2.05) is 33.2 Å². The Bertz CT molecular complexity index is 566. The molecule has 0 bridgehead atoms. The highest BCUT2D eigenvalue weighted by Crippen LogP contribution is 2.30. The van der Waals surface area contributed by atoms with Crippen molar-refractivity contribution in [3.05, 3.63) is 16.3 Å². The first-order chi connectivity index (χ1) is 9.26. The van der Waals surface area contributed by atoms with E-state index in [1.54, 1.807) is 10.4 Å². The van der Waals surface area contributed by atoms with Gasteiger partial charge in [-0.2, -0.15) is 4.31 Å². The van der Waals surface area contributed by atoms with Crippen LogP contribution in [0.3, 0.4) is 0 Å². The second-order valence-electron chi connectivity index (χ2n) is 5.72. The lowest BCUT2D eigenvalue weighted by molar-refractivity contribution is -0.109. The van der Waals surface area contributed by atoms with Crippen molar-refractivity contribution in [3.63, 3.8) is 0 Å². The summed E-state index contributed by atoms with van der Waals surface area (Å²) in [6, 6.07) is 1.69. The number of morpholine rings is 1. The summed E-state index contributed by atoms with van der Waals surface area (Å²) >= 11 is 1.47. The van der Waals surface area contributed by atoms with E-state index in [0.717, 1.165) is 4.88 Å². The summed E-state index contributed by atoms with van der Waals surface area (Å²) in [6.07, 6.45) is -0.0973. The molecule has 5 nitrogen and oxygen atoms in total. The van der Waals surface area contributed by atoms with Gasteiger partial charge in [0.2, 0.25) is 10.0 Å². The van der Waals surface area contributed by atoms with E-state index >= 15 is 0 Å². The molecule has 1 atom stereocenters. The molecule has 1 aliphatic heterocycles. The van der Waals surface area contributed by atoms with Gasteiger partial charge in [0.05, 0.1) is 16.6 Å². The molecule has 1 unspecified atom stereocenters. The highest BCUT2D eigenvalue weighted by Gasteiger charge is 2.38. The summed E-state index contributed by atoms with van der Waals surface area (Å²) in [5.41, 5.74) is -0.454. The second kappa shape index (κ2) is 5.73. The van der Waals surface area contributed by atoms with Crippen molar-refractivity contribution < 1.29 is 13.2 Å². The minimum atomic E-state index is -3.45. The Balaban J connectivity index is 2.32. The minimum absolute atomic E-state index is 0.0973. The molecule has 0 amide bonds. The Kier molecular flexibility index (Phi) is 4.56. The zero-order chi connectivity index (χ0) is 15.0. The van der Waals surface area contributed by atoms with Crippen LogP contribution in [0.1, 0.15) is 25.6 Å². The maximum atomic E-state index is 12.8. The van der Waals surface area contributed by atoms with Crippen molar-refractivity contribution in [2.75, 3.05) is 20.1 Å². The number of hydrogen-bond donors (Lipinski definition) is 1. The van der Waals surface area contributed by atoms with Crippen LogP contribution in [0.15, 0.2) is 16.3 Å². The summed E-state index contributed by atoms with van der Waals surface area (Å²) in [6.45, 7) is 7.11. The molecule has 1 aliphatic rings. The van der Waals surface area contributed by atoms with Crippen LogP contribution in [-0.4, -0.2) is 44.6 Å². The van der Waals surface area contributed by atoms with Crippen LogP contribution >= 0.6 is 11.3 Å². The first-order valence-corrected chi connectivity index (χ1v) is 8.97. The van der Waals surface area contributed by atoms with Gasteiger partial charge in [-0.05, 0) is 39.3 Å². The number of hydrogen-bond acceptors (Lipinski definition) is 5. The van der Waals surface area contributed by atoms with Crippen molar-refractivity contribution in [2.24, 2.45) is 0 Å². The van der Waals surface area contributed by atoms with Gasteiger partial charge in [-0.25, -0.2) is 8.42 Å². The van der Waals surface area contributed by atoms with Gasteiger partial charge in [-0.1, -0.05) is 0 Å². The molecule has 2 rings (SSSR count). The average Bonchev–Trinajstić information content (AvgIpc) is 2.75. The second-order valence-corrected chi connectivity index (χ2v) is 8.63. The van der Waals surface area contributed by atoms with Gasteiger partial charge in [0.1, 0.15) is 0 Å². The maximum absolute atomic E-state index is 12.8. The monoisotopic (exact) mass is 318 g/mol.